The van der Waals surface area contributed by atoms with E-state index in [2.05, 4.69) is 22.7 Å². The lowest BCUT2D eigenvalue weighted by atomic mass is 10.0. The summed E-state index contributed by atoms with van der Waals surface area (Å²) in [4.78, 5) is 4.61. The SMILES string of the molecule is CC1CCn2cc(-c3ccco3)nc2C1. The van der Waals surface area contributed by atoms with Crippen molar-refractivity contribution in [3.05, 3.63) is 30.4 Å². The first-order chi connectivity index (χ1) is 7.33. The van der Waals surface area contributed by atoms with Crippen LogP contribution < -0.4 is 0 Å². The van der Waals surface area contributed by atoms with Crippen molar-refractivity contribution in [1.82, 2.24) is 9.55 Å². The van der Waals surface area contributed by atoms with E-state index in [1.807, 2.05) is 12.1 Å². The zero-order chi connectivity index (χ0) is 10.3. The number of aryl methyl sites for hydroxylation is 1. The summed E-state index contributed by atoms with van der Waals surface area (Å²) in [5, 5.41) is 0. The molecule has 1 unspecified atom stereocenters. The average molecular weight is 202 g/mol. The minimum absolute atomic E-state index is 0.754. The Morgan fingerprint density at radius 3 is 3.27 bits per heavy atom. The third kappa shape index (κ3) is 1.48. The van der Waals surface area contributed by atoms with Gasteiger partial charge in [-0.25, -0.2) is 4.98 Å². The minimum atomic E-state index is 0.754. The van der Waals surface area contributed by atoms with Gasteiger partial charge in [0, 0.05) is 19.2 Å². The number of fused-ring (bicyclic) bond motifs is 1. The molecule has 0 saturated heterocycles. The summed E-state index contributed by atoms with van der Waals surface area (Å²) in [5.74, 6) is 2.81. The summed E-state index contributed by atoms with van der Waals surface area (Å²) in [6.07, 6.45) is 6.12. The molecular weight excluding hydrogens is 188 g/mol. The van der Waals surface area contributed by atoms with Gasteiger partial charge in [-0.2, -0.15) is 0 Å². The highest BCUT2D eigenvalue weighted by Gasteiger charge is 2.18. The molecule has 0 N–H and O–H groups in total. The normalized spacial score (nSPS) is 20.2. The third-order valence-electron chi connectivity index (χ3n) is 3.03. The van der Waals surface area contributed by atoms with E-state index < -0.39 is 0 Å². The van der Waals surface area contributed by atoms with Gasteiger partial charge in [0.25, 0.3) is 0 Å². The summed E-state index contributed by atoms with van der Waals surface area (Å²) in [5.41, 5.74) is 0.962. The first-order valence-corrected chi connectivity index (χ1v) is 5.43. The van der Waals surface area contributed by atoms with Crippen molar-refractivity contribution in [1.29, 1.82) is 0 Å². The van der Waals surface area contributed by atoms with Crippen LogP contribution in [0.2, 0.25) is 0 Å². The van der Waals surface area contributed by atoms with Crippen LogP contribution in [0.1, 0.15) is 19.2 Å². The second-order valence-electron chi connectivity index (χ2n) is 4.31. The van der Waals surface area contributed by atoms with Gasteiger partial charge >= 0.3 is 0 Å². The van der Waals surface area contributed by atoms with Gasteiger partial charge in [0.15, 0.2) is 5.76 Å². The van der Waals surface area contributed by atoms with Crippen molar-refractivity contribution in [3.63, 3.8) is 0 Å². The quantitative estimate of drug-likeness (QED) is 0.712. The van der Waals surface area contributed by atoms with Crippen molar-refractivity contribution in [2.24, 2.45) is 5.92 Å². The van der Waals surface area contributed by atoms with E-state index in [-0.39, 0.29) is 0 Å². The van der Waals surface area contributed by atoms with Gasteiger partial charge in [-0.15, -0.1) is 0 Å². The molecule has 3 heterocycles. The van der Waals surface area contributed by atoms with E-state index in [0.29, 0.717) is 0 Å². The molecule has 2 aromatic heterocycles. The van der Waals surface area contributed by atoms with Crippen LogP contribution in [0.3, 0.4) is 0 Å². The molecule has 0 radical (unpaired) electrons. The number of hydrogen-bond acceptors (Lipinski definition) is 2. The van der Waals surface area contributed by atoms with Crippen molar-refractivity contribution in [3.8, 4) is 11.5 Å². The van der Waals surface area contributed by atoms with E-state index in [9.17, 15) is 0 Å². The first-order valence-electron chi connectivity index (χ1n) is 5.43. The first kappa shape index (κ1) is 8.77. The molecule has 1 atom stereocenters. The molecule has 3 nitrogen and oxygen atoms in total. The number of hydrogen-bond donors (Lipinski definition) is 0. The fourth-order valence-corrected chi connectivity index (χ4v) is 2.13. The molecule has 78 valence electrons. The van der Waals surface area contributed by atoms with Crippen LogP contribution in [-0.2, 0) is 13.0 Å². The fraction of sp³-hybridized carbons (Fsp3) is 0.417. The number of aromatic nitrogens is 2. The molecule has 1 aliphatic rings. The number of rotatable bonds is 1. The molecule has 1 aliphatic heterocycles. The van der Waals surface area contributed by atoms with Crippen LogP contribution in [0.5, 0.6) is 0 Å². The van der Waals surface area contributed by atoms with Gasteiger partial charge in [0.05, 0.1) is 6.26 Å². The maximum atomic E-state index is 5.35. The van der Waals surface area contributed by atoms with Crippen molar-refractivity contribution in [2.45, 2.75) is 26.3 Å². The summed E-state index contributed by atoms with van der Waals surface area (Å²) >= 11 is 0. The van der Waals surface area contributed by atoms with Gasteiger partial charge in [-0.05, 0) is 24.5 Å². The van der Waals surface area contributed by atoms with Crippen LogP contribution in [-0.4, -0.2) is 9.55 Å². The Morgan fingerprint density at radius 1 is 1.53 bits per heavy atom. The highest BCUT2D eigenvalue weighted by molar-refractivity contribution is 5.51. The van der Waals surface area contributed by atoms with E-state index in [4.69, 9.17) is 4.42 Å². The van der Waals surface area contributed by atoms with Crippen LogP contribution in [0.15, 0.2) is 29.0 Å². The lowest BCUT2D eigenvalue weighted by Crippen LogP contribution is -2.16. The Kier molecular flexibility index (Phi) is 1.91. The lowest BCUT2D eigenvalue weighted by Gasteiger charge is -2.18. The predicted molar refractivity (Wildman–Crippen MR) is 57.4 cm³/mol. The van der Waals surface area contributed by atoms with Gasteiger partial charge in [-0.1, -0.05) is 6.92 Å². The van der Waals surface area contributed by atoms with Crippen LogP contribution in [0, 0.1) is 5.92 Å². The zero-order valence-corrected chi connectivity index (χ0v) is 8.81. The summed E-state index contributed by atoms with van der Waals surface area (Å²) in [6.45, 7) is 3.37. The number of imidazole rings is 1. The molecule has 15 heavy (non-hydrogen) atoms. The van der Waals surface area contributed by atoms with Gasteiger partial charge < -0.3 is 8.98 Å². The standard InChI is InChI=1S/C12H14N2O/c1-9-4-5-14-8-10(13-12(14)7-9)11-3-2-6-15-11/h2-3,6,8-9H,4-5,7H2,1H3. The molecular formula is C12H14N2O. The Labute approximate surface area is 88.7 Å². The highest BCUT2D eigenvalue weighted by Crippen LogP contribution is 2.24. The largest absolute Gasteiger partial charge is 0.463 e. The maximum absolute atomic E-state index is 5.35. The number of nitrogens with zero attached hydrogens (tertiary/aromatic N) is 2. The second kappa shape index (κ2) is 3.26. The van der Waals surface area contributed by atoms with Gasteiger partial charge in [0.2, 0.25) is 0 Å². The van der Waals surface area contributed by atoms with Crippen molar-refractivity contribution >= 4 is 0 Å². The summed E-state index contributed by atoms with van der Waals surface area (Å²) in [7, 11) is 0. The average Bonchev–Trinajstić information content (AvgIpc) is 2.84. The van der Waals surface area contributed by atoms with Crippen LogP contribution in [0.25, 0.3) is 11.5 Å². The Hall–Kier alpha value is -1.51. The molecule has 0 aliphatic carbocycles. The topological polar surface area (TPSA) is 31.0 Å². The minimum Gasteiger partial charge on any atom is -0.463 e. The van der Waals surface area contributed by atoms with E-state index >= 15 is 0 Å². The van der Waals surface area contributed by atoms with Crippen LogP contribution >= 0.6 is 0 Å². The Bertz CT molecular complexity index is 456. The molecule has 0 bridgehead atoms. The summed E-state index contributed by atoms with van der Waals surface area (Å²) in [6, 6.07) is 3.86. The lowest BCUT2D eigenvalue weighted by molar-refractivity contribution is 0.409. The molecule has 0 aromatic carbocycles. The van der Waals surface area contributed by atoms with Crippen molar-refractivity contribution < 1.29 is 4.42 Å². The molecule has 0 amide bonds. The van der Waals surface area contributed by atoms with Gasteiger partial charge in [-0.3, -0.25) is 0 Å². The smallest absolute Gasteiger partial charge is 0.153 e. The number of furan rings is 1. The monoisotopic (exact) mass is 202 g/mol. The third-order valence-corrected chi connectivity index (χ3v) is 3.03. The molecule has 0 fully saturated rings. The Balaban J connectivity index is 2.00. The molecule has 0 saturated carbocycles. The summed E-state index contributed by atoms with van der Waals surface area (Å²) < 4.78 is 7.60. The fourth-order valence-electron chi connectivity index (χ4n) is 2.13. The molecule has 0 spiro atoms. The van der Waals surface area contributed by atoms with Gasteiger partial charge in [0.1, 0.15) is 11.5 Å². The zero-order valence-electron chi connectivity index (χ0n) is 8.81. The maximum Gasteiger partial charge on any atom is 0.153 e. The van der Waals surface area contributed by atoms with Crippen molar-refractivity contribution in [2.75, 3.05) is 0 Å². The predicted octanol–water partition coefficient (Wildman–Crippen LogP) is 2.73. The molecule has 2 aromatic rings. The molecule has 3 rings (SSSR count). The second-order valence-corrected chi connectivity index (χ2v) is 4.31. The van der Waals surface area contributed by atoms with Crippen LogP contribution in [0.4, 0.5) is 0 Å². The molecule has 3 heteroatoms. The highest BCUT2D eigenvalue weighted by atomic mass is 16.3. The van der Waals surface area contributed by atoms with E-state index in [0.717, 1.165) is 30.3 Å². The van der Waals surface area contributed by atoms with E-state index in [1.165, 1.54) is 12.2 Å². The van der Waals surface area contributed by atoms with E-state index in [1.54, 1.807) is 6.26 Å². The Morgan fingerprint density at radius 2 is 2.47 bits per heavy atom.